The molecule has 0 N–H and O–H groups in total. The maximum atomic E-state index is 5.78. The van der Waals surface area contributed by atoms with E-state index in [0.29, 0.717) is 6.61 Å². The first-order valence-corrected chi connectivity index (χ1v) is 5.48. The van der Waals surface area contributed by atoms with Gasteiger partial charge in [0.25, 0.3) is 0 Å². The Morgan fingerprint density at radius 2 is 1.88 bits per heavy atom. The molecular formula is C15H20O. The minimum Gasteiger partial charge on any atom is -0.371 e. The Balaban J connectivity index is 2.95. The fraction of sp³-hybridized carbons (Fsp3) is 0.333. The summed E-state index contributed by atoms with van der Waals surface area (Å²) < 4.78 is 5.78. The molecule has 0 saturated carbocycles. The summed E-state index contributed by atoms with van der Waals surface area (Å²) in [6.07, 6.45) is 3.70. The van der Waals surface area contributed by atoms with Gasteiger partial charge in [0.05, 0.1) is 12.2 Å². The predicted octanol–water partition coefficient (Wildman–Crippen LogP) is 4.29. The van der Waals surface area contributed by atoms with Gasteiger partial charge in [0.15, 0.2) is 0 Å². The fourth-order valence-electron chi connectivity index (χ4n) is 1.48. The number of hydrogen-bond donors (Lipinski definition) is 0. The van der Waals surface area contributed by atoms with Crippen molar-refractivity contribution in [1.29, 1.82) is 0 Å². The fourth-order valence-corrected chi connectivity index (χ4v) is 1.48. The summed E-state index contributed by atoms with van der Waals surface area (Å²) in [7, 11) is 0. The maximum Gasteiger partial charge on any atom is 0.0730 e. The highest BCUT2D eigenvalue weighted by Crippen LogP contribution is 2.20. The van der Waals surface area contributed by atoms with Crippen LogP contribution in [0.15, 0.2) is 31.4 Å². The molecule has 0 spiro atoms. The predicted molar refractivity (Wildman–Crippen MR) is 71.2 cm³/mol. The van der Waals surface area contributed by atoms with E-state index in [4.69, 9.17) is 4.74 Å². The zero-order valence-corrected chi connectivity index (χ0v) is 10.4. The van der Waals surface area contributed by atoms with Crippen LogP contribution in [0.25, 0.3) is 12.2 Å². The molecular weight excluding hydrogens is 196 g/mol. The molecule has 0 aliphatic rings. The quantitative estimate of drug-likeness (QED) is 0.729. The molecule has 0 heterocycles. The Labute approximate surface area is 98.5 Å². The molecule has 1 aromatic rings. The van der Waals surface area contributed by atoms with Gasteiger partial charge in [-0.05, 0) is 37.5 Å². The molecule has 0 aliphatic carbocycles. The average molecular weight is 216 g/mol. The number of hydrogen-bond acceptors (Lipinski definition) is 1. The van der Waals surface area contributed by atoms with Crippen molar-refractivity contribution in [1.82, 2.24) is 0 Å². The molecule has 86 valence electrons. The van der Waals surface area contributed by atoms with Crippen LogP contribution in [0.2, 0.25) is 0 Å². The van der Waals surface area contributed by atoms with E-state index in [1.807, 2.05) is 24.3 Å². The first-order chi connectivity index (χ1) is 7.48. The van der Waals surface area contributed by atoms with Gasteiger partial charge in [0.2, 0.25) is 0 Å². The topological polar surface area (TPSA) is 9.23 Å². The highest BCUT2D eigenvalue weighted by atomic mass is 16.5. The number of rotatable bonds is 4. The smallest absolute Gasteiger partial charge is 0.0730 e. The Morgan fingerprint density at radius 1 is 1.19 bits per heavy atom. The van der Waals surface area contributed by atoms with Crippen molar-refractivity contribution in [2.75, 3.05) is 0 Å². The normalized spacial score (nSPS) is 11.2. The van der Waals surface area contributed by atoms with Crippen LogP contribution in [0.1, 0.15) is 37.5 Å². The summed E-state index contributed by atoms with van der Waals surface area (Å²) in [4.78, 5) is 0. The summed E-state index contributed by atoms with van der Waals surface area (Å²) in [6.45, 7) is 14.4. The van der Waals surface area contributed by atoms with Crippen molar-refractivity contribution in [3.8, 4) is 0 Å². The van der Waals surface area contributed by atoms with Gasteiger partial charge in [-0.3, -0.25) is 0 Å². The van der Waals surface area contributed by atoms with Gasteiger partial charge in [-0.15, -0.1) is 0 Å². The van der Waals surface area contributed by atoms with Gasteiger partial charge in [-0.1, -0.05) is 43.5 Å². The molecule has 0 unspecified atom stereocenters. The van der Waals surface area contributed by atoms with E-state index in [1.54, 1.807) is 0 Å². The van der Waals surface area contributed by atoms with Crippen LogP contribution in [0.5, 0.6) is 0 Å². The second-order valence-electron chi connectivity index (χ2n) is 4.73. The van der Waals surface area contributed by atoms with E-state index in [0.717, 1.165) is 16.7 Å². The first kappa shape index (κ1) is 12.7. The molecule has 0 radical (unpaired) electrons. The van der Waals surface area contributed by atoms with Gasteiger partial charge in [0.1, 0.15) is 0 Å². The third kappa shape index (κ3) is 3.35. The highest BCUT2D eigenvalue weighted by molar-refractivity contribution is 5.66. The number of ether oxygens (including phenoxy) is 1. The molecule has 16 heavy (non-hydrogen) atoms. The molecule has 0 bridgehead atoms. The molecule has 0 aromatic heterocycles. The van der Waals surface area contributed by atoms with E-state index in [9.17, 15) is 0 Å². The van der Waals surface area contributed by atoms with Crippen molar-refractivity contribution in [2.24, 2.45) is 0 Å². The summed E-state index contributed by atoms with van der Waals surface area (Å²) in [6, 6.07) is 6.12. The molecule has 1 nitrogen and oxygen atoms in total. The second-order valence-corrected chi connectivity index (χ2v) is 4.73. The Hall–Kier alpha value is -1.34. The Morgan fingerprint density at radius 3 is 2.38 bits per heavy atom. The molecule has 0 atom stereocenters. The van der Waals surface area contributed by atoms with Gasteiger partial charge >= 0.3 is 0 Å². The molecule has 0 saturated heterocycles. The van der Waals surface area contributed by atoms with Crippen LogP contribution in [0.4, 0.5) is 0 Å². The lowest BCUT2D eigenvalue weighted by Crippen LogP contribution is -2.19. The van der Waals surface area contributed by atoms with E-state index >= 15 is 0 Å². The Bertz CT molecular complexity index is 383. The lowest BCUT2D eigenvalue weighted by Gasteiger charge is -2.20. The Kier molecular flexibility index (Phi) is 4.08. The van der Waals surface area contributed by atoms with Crippen LogP contribution >= 0.6 is 0 Å². The highest BCUT2D eigenvalue weighted by Gasteiger charge is 2.11. The molecule has 0 fully saturated rings. The number of benzene rings is 1. The summed E-state index contributed by atoms with van der Waals surface area (Å²) >= 11 is 0. The monoisotopic (exact) mass is 216 g/mol. The van der Waals surface area contributed by atoms with Gasteiger partial charge in [0, 0.05) is 0 Å². The van der Waals surface area contributed by atoms with Crippen LogP contribution in [0, 0.1) is 0 Å². The summed E-state index contributed by atoms with van der Waals surface area (Å²) in [5.74, 6) is 0. The minimum absolute atomic E-state index is 0.122. The van der Waals surface area contributed by atoms with Gasteiger partial charge in [-0.25, -0.2) is 0 Å². The zero-order valence-electron chi connectivity index (χ0n) is 10.4. The van der Waals surface area contributed by atoms with E-state index < -0.39 is 0 Å². The van der Waals surface area contributed by atoms with Gasteiger partial charge < -0.3 is 4.74 Å². The van der Waals surface area contributed by atoms with E-state index in [1.165, 1.54) is 0 Å². The average Bonchev–Trinajstić information content (AvgIpc) is 2.24. The zero-order chi connectivity index (χ0) is 12.2. The van der Waals surface area contributed by atoms with E-state index in [-0.39, 0.29) is 5.60 Å². The van der Waals surface area contributed by atoms with Crippen LogP contribution in [0.3, 0.4) is 0 Å². The largest absolute Gasteiger partial charge is 0.371 e. The summed E-state index contributed by atoms with van der Waals surface area (Å²) in [5, 5.41) is 0. The first-order valence-electron chi connectivity index (χ1n) is 5.48. The van der Waals surface area contributed by atoms with Crippen LogP contribution in [-0.4, -0.2) is 5.60 Å². The summed E-state index contributed by atoms with van der Waals surface area (Å²) in [5.41, 5.74) is 3.25. The van der Waals surface area contributed by atoms with Crippen LogP contribution in [-0.2, 0) is 11.3 Å². The standard InChI is InChI=1S/C15H20O/c1-6-12-9-8-10-13(14(12)7-2)11-16-15(3,4)5/h6-10H,1-2,11H2,3-5H3. The molecule has 1 aromatic carbocycles. The van der Waals surface area contributed by atoms with Crippen molar-refractivity contribution in [2.45, 2.75) is 33.0 Å². The maximum absolute atomic E-state index is 5.78. The van der Waals surface area contributed by atoms with Crippen molar-refractivity contribution < 1.29 is 4.74 Å². The third-order valence-corrected chi connectivity index (χ3v) is 2.31. The molecule has 1 heteroatoms. The second kappa shape index (κ2) is 5.13. The van der Waals surface area contributed by atoms with E-state index in [2.05, 4.69) is 40.0 Å². The van der Waals surface area contributed by atoms with Crippen molar-refractivity contribution in [3.63, 3.8) is 0 Å². The van der Waals surface area contributed by atoms with Gasteiger partial charge in [-0.2, -0.15) is 0 Å². The molecule has 0 amide bonds. The third-order valence-electron chi connectivity index (χ3n) is 2.31. The van der Waals surface area contributed by atoms with Crippen molar-refractivity contribution >= 4 is 12.2 Å². The van der Waals surface area contributed by atoms with Crippen molar-refractivity contribution in [3.05, 3.63) is 48.0 Å². The van der Waals surface area contributed by atoms with Crippen LogP contribution < -0.4 is 0 Å². The SMILES string of the molecule is C=Cc1cccc(COC(C)(C)C)c1C=C. The minimum atomic E-state index is -0.122. The lowest BCUT2D eigenvalue weighted by atomic mass is 10.0. The lowest BCUT2D eigenvalue weighted by molar-refractivity contribution is -0.0150. The molecule has 1 rings (SSSR count). The molecule has 0 aliphatic heterocycles.